The predicted molar refractivity (Wildman–Crippen MR) is 124 cm³/mol. The van der Waals surface area contributed by atoms with Gasteiger partial charge >= 0.3 is 0 Å². The molecule has 11 heteroatoms. The maximum Gasteiger partial charge on any atom is 0.263 e. The van der Waals surface area contributed by atoms with Crippen LogP contribution in [0, 0.1) is 6.92 Å². The third kappa shape index (κ3) is 4.20. The minimum Gasteiger partial charge on any atom is -0.496 e. The predicted octanol–water partition coefficient (Wildman–Crippen LogP) is 3.41. The average Bonchev–Trinajstić information content (AvgIpc) is 3.65. The molecule has 1 atom stereocenters. The van der Waals surface area contributed by atoms with E-state index in [9.17, 15) is 4.79 Å². The number of carbonyl (C=O) groups excluding carboxylic acids is 1. The number of aryl methyl sites for hydroxylation is 1. The second-order valence-electron chi connectivity index (χ2n) is 8.06. The Bertz CT molecular complexity index is 1340. The van der Waals surface area contributed by atoms with Crippen molar-refractivity contribution in [2.75, 3.05) is 20.3 Å². The second kappa shape index (κ2) is 9.53. The number of amides is 1. The number of methoxy groups -OCH3 is 1. The van der Waals surface area contributed by atoms with E-state index in [2.05, 4.69) is 25.3 Å². The summed E-state index contributed by atoms with van der Waals surface area (Å²) in [6.45, 7) is 4.82. The summed E-state index contributed by atoms with van der Waals surface area (Å²) in [4.78, 5) is 25.9. The fourth-order valence-electron chi connectivity index (χ4n) is 4.29. The molecule has 11 nitrogen and oxygen atoms in total. The highest BCUT2D eigenvalue weighted by Crippen LogP contribution is 2.36. The minimum atomic E-state index is -0.335. The Labute approximate surface area is 201 Å². The summed E-state index contributed by atoms with van der Waals surface area (Å²) < 4.78 is 16.6. The molecule has 1 amide bonds. The zero-order valence-electron chi connectivity index (χ0n) is 19.7. The van der Waals surface area contributed by atoms with Crippen molar-refractivity contribution in [2.45, 2.75) is 32.7 Å². The maximum atomic E-state index is 13.8. The van der Waals surface area contributed by atoms with Gasteiger partial charge in [-0.2, -0.15) is 20.0 Å². The number of rotatable bonds is 7. The van der Waals surface area contributed by atoms with Crippen molar-refractivity contribution < 1.29 is 18.8 Å². The van der Waals surface area contributed by atoms with Crippen molar-refractivity contribution in [1.82, 2.24) is 35.0 Å². The molecule has 35 heavy (non-hydrogen) atoms. The lowest BCUT2D eigenvalue weighted by Gasteiger charge is -2.24. The number of likely N-dealkylation sites (tertiary alicyclic amines) is 1. The van der Waals surface area contributed by atoms with E-state index in [1.54, 1.807) is 42.7 Å². The third-order valence-corrected chi connectivity index (χ3v) is 5.91. The Hall–Kier alpha value is -4.28. The van der Waals surface area contributed by atoms with Crippen LogP contribution in [0.5, 0.6) is 11.6 Å². The summed E-state index contributed by atoms with van der Waals surface area (Å²) in [6, 6.07) is 6.84. The van der Waals surface area contributed by atoms with E-state index >= 15 is 0 Å². The Morgan fingerprint density at radius 3 is 2.83 bits per heavy atom. The third-order valence-electron chi connectivity index (χ3n) is 5.91. The van der Waals surface area contributed by atoms with Gasteiger partial charge in [0.15, 0.2) is 5.82 Å². The van der Waals surface area contributed by atoms with Gasteiger partial charge in [-0.15, -0.1) is 0 Å². The van der Waals surface area contributed by atoms with Crippen molar-refractivity contribution in [3.8, 4) is 28.8 Å². The molecule has 1 aromatic carbocycles. The number of ether oxygens (including phenoxy) is 2. The molecule has 1 aliphatic rings. The summed E-state index contributed by atoms with van der Waals surface area (Å²) >= 11 is 0. The number of aromatic nitrogens is 6. The summed E-state index contributed by atoms with van der Waals surface area (Å²) in [5, 5.41) is 12.7. The first-order chi connectivity index (χ1) is 17.1. The zero-order chi connectivity index (χ0) is 24.4. The first-order valence-corrected chi connectivity index (χ1v) is 11.4. The first-order valence-electron chi connectivity index (χ1n) is 11.4. The number of carbonyl (C=O) groups is 1. The van der Waals surface area contributed by atoms with Crippen LogP contribution in [-0.4, -0.2) is 61.2 Å². The van der Waals surface area contributed by atoms with Crippen LogP contribution >= 0.6 is 0 Å². The SMILES string of the molecule is CCOc1ncccc1-c1nc(C2CCCN2C(=O)c2cc(OC)c(C)cc2-n2nccn2)no1. The van der Waals surface area contributed by atoms with E-state index in [-0.39, 0.29) is 11.9 Å². The van der Waals surface area contributed by atoms with Crippen LogP contribution in [0.3, 0.4) is 0 Å². The number of nitrogens with zero attached hydrogens (tertiary/aromatic N) is 7. The van der Waals surface area contributed by atoms with Crippen LogP contribution in [0.15, 0.2) is 47.4 Å². The summed E-state index contributed by atoms with van der Waals surface area (Å²) in [5.74, 6) is 1.60. The molecule has 1 unspecified atom stereocenters. The summed E-state index contributed by atoms with van der Waals surface area (Å²) in [5.41, 5.74) is 2.50. The molecule has 5 rings (SSSR count). The number of benzene rings is 1. The van der Waals surface area contributed by atoms with Crippen LogP contribution in [0.25, 0.3) is 17.1 Å². The molecule has 3 aromatic heterocycles. The van der Waals surface area contributed by atoms with Crippen molar-refractivity contribution >= 4 is 5.91 Å². The smallest absolute Gasteiger partial charge is 0.263 e. The average molecular weight is 476 g/mol. The highest BCUT2D eigenvalue weighted by atomic mass is 16.5. The van der Waals surface area contributed by atoms with Gasteiger partial charge < -0.3 is 18.9 Å². The summed E-state index contributed by atoms with van der Waals surface area (Å²) in [7, 11) is 1.58. The molecule has 180 valence electrons. The number of hydrogen-bond acceptors (Lipinski definition) is 9. The van der Waals surface area contributed by atoms with Gasteiger partial charge in [0.05, 0.1) is 43.4 Å². The molecule has 0 bridgehead atoms. The van der Waals surface area contributed by atoms with Gasteiger partial charge in [-0.25, -0.2) is 4.98 Å². The van der Waals surface area contributed by atoms with Crippen LogP contribution in [-0.2, 0) is 0 Å². The van der Waals surface area contributed by atoms with Gasteiger partial charge in [-0.1, -0.05) is 5.16 Å². The fourth-order valence-corrected chi connectivity index (χ4v) is 4.29. The van der Waals surface area contributed by atoms with E-state index in [4.69, 9.17) is 14.0 Å². The largest absolute Gasteiger partial charge is 0.496 e. The standard InChI is InChI=1S/C24H25N7O4/c1-4-34-22-16(7-5-9-25-22)23-28-21(29-35-23)18-8-6-12-30(18)24(32)17-14-20(33-3)15(2)13-19(17)31-26-10-11-27-31/h5,7,9-11,13-14,18H,4,6,8,12H2,1-3H3. The Morgan fingerprint density at radius 1 is 1.23 bits per heavy atom. The van der Waals surface area contributed by atoms with E-state index in [0.29, 0.717) is 59.7 Å². The second-order valence-corrected chi connectivity index (χ2v) is 8.06. The molecule has 0 aliphatic carbocycles. The first kappa shape index (κ1) is 22.5. The Morgan fingerprint density at radius 2 is 2.06 bits per heavy atom. The van der Waals surface area contributed by atoms with Crippen LogP contribution < -0.4 is 9.47 Å². The lowest BCUT2D eigenvalue weighted by Crippen LogP contribution is -2.32. The lowest BCUT2D eigenvalue weighted by molar-refractivity contribution is 0.0727. The minimum absolute atomic E-state index is 0.180. The topological polar surface area (TPSA) is 121 Å². The van der Waals surface area contributed by atoms with Gasteiger partial charge in [0.2, 0.25) is 5.88 Å². The van der Waals surface area contributed by atoms with Crippen molar-refractivity contribution in [2.24, 2.45) is 0 Å². The molecule has 4 heterocycles. The lowest BCUT2D eigenvalue weighted by atomic mass is 10.1. The normalized spacial score (nSPS) is 15.4. The van der Waals surface area contributed by atoms with Crippen molar-refractivity contribution in [3.63, 3.8) is 0 Å². The fraction of sp³-hybridized carbons (Fsp3) is 0.333. The Balaban J connectivity index is 1.49. The van der Waals surface area contributed by atoms with E-state index in [1.165, 1.54) is 4.80 Å². The molecule has 0 radical (unpaired) electrons. The molecule has 0 spiro atoms. The molecule has 0 N–H and O–H groups in total. The number of hydrogen-bond donors (Lipinski definition) is 0. The van der Waals surface area contributed by atoms with Gasteiger partial charge in [0, 0.05) is 12.7 Å². The molecule has 1 fully saturated rings. The van der Waals surface area contributed by atoms with Crippen LogP contribution in [0.1, 0.15) is 47.6 Å². The van der Waals surface area contributed by atoms with E-state index in [1.807, 2.05) is 26.0 Å². The molecule has 0 saturated carbocycles. The molecule has 1 saturated heterocycles. The monoisotopic (exact) mass is 475 g/mol. The van der Waals surface area contributed by atoms with Gasteiger partial charge in [0.25, 0.3) is 11.8 Å². The van der Waals surface area contributed by atoms with Crippen molar-refractivity contribution in [3.05, 3.63) is 59.8 Å². The van der Waals surface area contributed by atoms with Crippen LogP contribution in [0.4, 0.5) is 0 Å². The molecule has 4 aromatic rings. The van der Waals surface area contributed by atoms with Gasteiger partial charge in [-0.3, -0.25) is 4.79 Å². The number of pyridine rings is 1. The van der Waals surface area contributed by atoms with E-state index in [0.717, 1.165) is 12.0 Å². The zero-order valence-corrected chi connectivity index (χ0v) is 19.7. The van der Waals surface area contributed by atoms with E-state index < -0.39 is 0 Å². The van der Waals surface area contributed by atoms with Crippen molar-refractivity contribution in [1.29, 1.82) is 0 Å². The maximum absolute atomic E-state index is 13.8. The molecular formula is C24H25N7O4. The Kier molecular flexibility index (Phi) is 6.13. The molecule has 1 aliphatic heterocycles. The van der Waals surface area contributed by atoms with Gasteiger partial charge in [0.1, 0.15) is 11.3 Å². The summed E-state index contributed by atoms with van der Waals surface area (Å²) in [6.07, 6.45) is 6.32. The van der Waals surface area contributed by atoms with Crippen LogP contribution in [0.2, 0.25) is 0 Å². The highest BCUT2D eigenvalue weighted by molar-refractivity contribution is 5.98. The molecular weight excluding hydrogens is 450 g/mol. The highest BCUT2D eigenvalue weighted by Gasteiger charge is 2.36. The van der Waals surface area contributed by atoms with Gasteiger partial charge in [-0.05, 0) is 56.5 Å². The quantitative estimate of drug-likeness (QED) is 0.396.